The molecule has 0 fully saturated rings. The van der Waals surface area contributed by atoms with Gasteiger partial charge in [0.15, 0.2) is 0 Å². The van der Waals surface area contributed by atoms with Crippen molar-refractivity contribution in [1.29, 1.82) is 0 Å². The van der Waals surface area contributed by atoms with E-state index in [1.165, 1.54) is 24.0 Å². The Morgan fingerprint density at radius 3 is 2.85 bits per heavy atom. The van der Waals surface area contributed by atoms with Gasteiger partial charge in [0.25, 0.3) is 0 Å². The van der Waals surface area contributed by atoms with Crippen LogP contribution >= 0.6 is 0 Å². The standard InChI is InChI=1S/C15H19N3O2/c16-10-15-18-17-14(20-15)8-9-19-13-7-3-5-11-4-1-2-6-12(11)13/h3,5,7H,1-2,4,6,8-10,16H2. The van der Waals surface area contributed by atoms with Crippen molar-refractivity contribution in [2.45, 2.75) is 38.6 Å². The summed E-state index contributed by atoms with van der Waals surface area (Å²) in [6, 6.07) is 6.31. The number of rotatable bonds is 5. The molecule has 106 valence electrons. The van der Waals surface area contributed by atoms with Gasteiger partial charge in [0.1, 0.15) is 5.75 Å². The van der Waals surface area contributed by atoms with Crippen LogP contribution in [0.5, 0.6) is 5.75 Å². The molecule has 0 aliphatic heterocycles. The van der Waals surface area contributed by atoms with Gasteiger partial charge in [-0.15, -0.1) is 10.2 Å². The molecule has 0 atom stereocenters. The van der Waals surface area contributed by atoms with Crippen molar-refractivity contribution in [2.75, 3.05) is 6.61 Å². The van der Waals surface area contributed by atoms with Gasteiger partial charge in [0.2, 0.25) is 11.8 Å². The maximum absolute atomic E-state index is 5.89. The van der Waals surface area contributed by atoms with Gasteiger partial charge < -0.3 is 14.9 Å². The minimum Gasteiger partial charge on any atom is -0.493 e. The Hall–Kier alpha value is -1.88. The summed E-state index contributed by atoms with van der Waals surface area (Å²) in [5, 5.41) is 7.76. The summed E-state index contributed by atoms with van der Waals surface area (Å²) in [5.74, 6) is 2.05. The lowest BCUT2D eigenvalue weighted by Gasteiger charge is -2.19. The Labute approximate surface area is 118 Å². The Morgan fingerprint density at radius 1 is 1.15 bits per heavy atom. The summed E-state index contributed by atoms with van der Waals surface area (Å²) in [5.41, 5.74) is 8.23. The van der Waals surface area contributed by atoms with Gasteiger partial charge in [0.05, 0.1) is 19.6 Å². The lowest BCUT2D eigenvalue weighted by molar-refractivity contribution is 0.300. The molecule has 1 aromatic carbocycles. The van der Waals surface area contributed by atoms with Gasteiger partial charge in [-0.3, -0.25) is 0 Å². The Morgan fingerprint density at radius 2 is 2.00 bits per heavy atom. The maximum atomic E-state index is 5.89. The molecule has 2 aromatic rings. The zero-order chi connectivity index (χ0) is 13.8. The highest BCUT2D eigenvalue weighted by atomic mass is 16.5. The van der Waals surface area contributed by atoms with Crippen molar-refractivity contribution >= 4 is 0 Å². The first-order valence-corrected chi connectivity index (χ1v) is 7.11. The summed E-state index contributed by atoms with van der Waals surface area (Å²) < 4.78 is 11.2. The molecule has 1 aromatic heterocycles. The maximum Gasteiger partial charge on any atom is 0.230 e. The molecule has 5 heteroatoms. The quantitative estimate of drug-likeness (QED) is 0.902. The first-order chi connectivity index (χ1) is 9.86. The van der Waals surface area contributed by atoms with E-state index in [1.807, 2.05) is 6.07 Å². The zero-order valence-corrected chi connectivity index (χ0v) is 11.5. The largest absolute Gasteiger partial charge is 0.493 e. The van der Waals surface area contributed by atoms with Crippen LogP contribution in [0.3, 0.4) is 0 Å². The van der Waals surface area contributed by atoms with E-state index in [0.717, 1.165) is 18.6 Å². The second-order valence-corrected chi connectivity index (χ2v) is 4.99. The minimum absolute atomic E-state index is 0.278. The molecule has 1 aliphatic rings. The highest BCUT2D eigenvalue weighted by Gasteiger charge is 2.14. The summed E-state index contributed by atoms with van der Waals surface area (Å²) in [7, 11) is 0. The topological polar surface area (TPSA) is 74.2 Å². The Balaban J connectivity index is 1.61. The van der Waals surface area contributed by atoms with Gasteiger partial charge in [0, 0.05) is 0 Å². The van der Waals surface area contributed by atoms with Crippen LogP contribution in [0.25, 0.3) is 0 Å². The van der Waals surface area contributed by atoms with Crippen molar-refractivity contribution in [1.82, 2.24) is 10.2 Å². The molecule has 5 nitrogen and oxygen atoms in total. The number of nitrogens with zero attached hydrogens (tertiary/aromatic N) is 2. The van der Waals surface area contributed by atoms with Crippen LogP contribution in [-0.2, 0) is 25.8 Å². The van der Waals surface area contributed by atoms with Crippen LogP contribution in [0, 0.1) is 0 Å². The fourth-order valence-electron chi connectivity index (χ4n) is 2.60. The second-order valence-electron chi connectivity index (χ2n) is 4.99. The molecule has 0 saturated heterocycles. The molecule has 0 bridgehead atoms. The third kappa shape index (κ3) is 2.82. The van der Waals surface area contributed by atoms with Gasteiger partial charge in [-0.2, -0.15) is 0 Å². The second kappa shape index (κ2) is 6.05. The molecule has 0 spiro atoms. The average Bonchev–Trinajstić information content (AvgIpc) is 2.95. The first-order valence-electron chi connectivity index (χ1n) is 7.11. The molecular weight excluding hydrogens is 254 g/mol. The van der Waals surface area contributed by atoms with E-state index in [0.29, 0.717) is 24.8 Å². The molecule has 20 heavy (non-hydrogen) atoms. The lowest BCUT2D eigenvalue weighted by atomic mass is 9.91. The van der Waals surface area contributed by atoms with Crippen LogP contribution < -0.4 is 10.5 Å². The zero-order valence-electron chi connectivity index (χ0n) is 11.5. The summed E-state index contributed by atoms with van der Waals surface area (Å²) in [4.78, 5) is 0. The molecule has 1 aliphatic carbocycles. The SMILES string of the molecule is NCc1nnc(CCOc2cccc3c2CCCC3)o1. The van der Waals surface area contributed by atoms with E-state index in [1.54, 1.807) is 0 Å². The predicted molar refractivity (Wildman–Crippen MR) is 74.5 cm³/mol. The molecule has 0 radical (unpaired) electrons. The molecule has 3 rings (SSSR count). The van der Waals surface area contributed by atoms with Crippen molar-refractivity contribution in [3.8, 4) is 5.75 Å². The summed E-state index contributed by atoms with van der Waals surface area (Å²) in [6.45, 7) is 0.822. The number of hydrogen-bond acceptors (Lipinski definition) is 5. The van der Waals surface area contributed by atoms with Crippen molar-refractivity contribution in [3.63, 3.8) is 0 Å². The van der Waals surface area contributed by atoms with E-state index in [9.17, 15) is 0 Å². The molecule has 1 heterocycles. The smallest absolute Gasteiger partial charge is 0.230 e. The van der Waals surface area contributed by atoms with Crippen LogP contribution in [0.15, 0.2) is 22.6 Å². The lowest BCUT2D eigenvalue weighted by Crippen LogP contribution is -2.08. The molecule has 0 saturated carbocycles. The predicted octanol–water partition coefficient (Wildman–Crippen LogP) is 2.03. The average molecular weight is 273 g/mol. The monoisotopic (exact) mass is 273 g/mol. The number of aromatic nitrogens is 2. The van der Waals surface area contributed by atoms with Crippen LogP contribution in [-0.4, -0.2) is 16.8 Å². The number of benzene rings is 1. The first kappa shape index (κ1) is 13.1. The van der Waals surface area contributed by atoms with Crippen LogP contribution in [0.2, 0.25) is 0 Å². The van der Waals surface area contributed by atoms with Crippen molar-refractivity contribution in [3.05, 3.63) is 41.1 Å². The van der Waals surface area contributed by atoms with Gasteiger partial charge in [-0.1, -0.05) is 12.1 Å². The number of aryl methyl sites for hydroxylation is 1. The summed E-state index contributed by atoms with van der Waals surface area (Å²) >= 11 is 0. The van der Waals surface area contributed by atoms with E-state index in [2.05, 4.69) is 22.3 Å². The minimum atomic E-state index is 0.278. The number of fused-ring (bicyclic) bond motifs is 1. The third-order valence-corrected chi connectivity index (χ3v) is 3.61. The van der Waals surface area contributed by atoms with E-state index >= 15 is 0 Å². The van der Waals surface area contributed by atoms with Gasteiger partial charge in [-0.05, 0) is 42.9 Å². The summed E-state index contributed by atoms with van der Waals surface area (Å²) in [6.07, 6.45) is 5.41. The highest BCUT2D eigenvalue weighted by molar-refractivity contribution is 5.41. The van der Waals surface area contributed by atoms with E-state index in [4.69, 9.17) is 14.9 Å². The van der Waals surface area contributed by atoms with Crippen LogP contribution in [0.4, 0.5) is 0 Å². The number of ether oxygens (including phenoxy) is 1. The van der Waals surface area contributed by atoms with Gasteiger partial charge in [-0.25, -0.2) is 0 Å². The molecule has 0 unspecified atom stereocenters. The van der Waals surface area contributed by atoms with Crippen molar-refractivity contribution < 1.29 is 9.15 Å². The number of nitrogens with two attached hydrogens (primary N) is 1. The Bertz CT molecular complexity index is 580. The fraction of sp³-hybridized carbons (Fsp3) is 0.467. The molecule has 0 amide bonds. The highest BCUT2D eigenvalue weighted by Crippen LogP contribution is 2.29. The molecule has 2 N–H and O–H groups in total. The number of hydrogen-bond donors (Lipinski definition) is 1. The molecular formula is C15H19N3O2. The fourth-order valence-corrected chi connectivity index (χ4v) is 2.60. The third-order valence-electron chi connectivity index (χ3n) is 3.61. The van der Waals surface area contributed by atoms with Gasteiger partial charge >= 0.3 is 0 Å². The Kier molecular flexibility index (Phi) is 3.97. The van der Waals surface area contributed by atoms with Crippen LogP contribution in [0.1, 0.15) is 35.7 Å². The van der Waals surface area contributed by atoms with E-state index in [-0.39, 0.29) is 6.54 Å². The normalized spacial score (nSPS) is 14.1. The van der Waals surface area contributed by atoms with Crippen molar-refractivity contribution in [2.24, 2.45) is 5.73 Å². The van der Waals surface area contributed by atoms with E-state index < -0.39 is 0 Å².